The van der Waals surface area contributed by atoms with Gasteiger partial charge in [0.05, 0.1) is 11.8 Å². The van der Waals surface area contributed by atoms with Crippen LogP contribution in [-0.4, -0.2) is 11.9 Å². The van der Waals surface area contributed by atoms with Gasteiger partial charge in [-0.2, -0.15) is 0 Å². The van der Waals surface area contributed by atoms with Crippen LogP contribution < -0.4 is 0 Å². The second-order valence-electron chi connectivity index (χ2n) is 7.69. The zero-order chi connectivity index (χ0) is 13.1. The number of cyclic esters (lactones) is 2. The van der Waals surface area contributed by atoms with E-state index < -0.39 is 0 Å². The van der Waals surface area contributed by atoms with Gasteiger partial charge in [-0.1, -0.05) is 25.0 Å². The van der Waals surface area contributed by atoms with Gasteiger partial charge in [0.25, 0.3) is 0 Å². The van der Waals surface area contributed by atoms with Crippen molar-refractivity contribution >= 4 is 11.9 Å². The lowest BCUT2D eigenvalue weighted by atomic mass is 9.72. The molecule has 3 nitrogen and oxygen atoms in total. The van der Waals surface area contributed by atoms with Crippen LogP contribution in [0, 0.1) is 40.9 Å². The van der Waals surface area contributed by atoms with Crippen molar-refractivity contribution in [2.24, 2.45) is 40.9 Å². The summed E-state index contributed by atoms with van der Waals surface area (Å²) in [7, 11) is 0. The molecule has 0 N–H and O–H groups in total. The fraction of sp³-hybridized carbons (Fsp3) is 0.750. The van der Waals surface area contributed by atoms with E-state index in [1.807, 2.05) is 0 Å². The first-order valence-electron chi connectivity index (χ1n) is 7.51. The van der Waals surface area contributed by atoms with Crippen LogP contribution in [0.5, 0.6) is 0 Å². The maximum atomic E-state index is 12.1. The maximum Gasteiger partial charge on any atom is 0.318 e. The van der Waals surface area contributed by atoms with E-state index in [2.05, 4.69) is 13.8 Å². The monoisotopic (exact) mass is 258 g/mol. The molecule has 3 fully saturated rings. The first kappa shape index (κ1) is 10.6. The van der Waals surface area contributed by atoms with Crippen LogP contribution >= 0.6 is 0 Å². The summed E-state index contributed by atoms with van der Waals surface area (Å²) in [6.07, 6.45) is 3.88. The van der Waals surface area contributed by atoms with E-state index in [1.165, 1.54) is 19.3 Å². The Labute approximate surface area is 112 Å². The smallest absolute Gasteiger partial charge is 0.318 e. The Morgan fingerprint density at radius 3 is 1.89 bits per heavy atom. The summed E-state index contributed by atoms with van der Waals surface area (Å²) in [6, 6.07) is 0. The molecule has 5 rings (SSSR count). The highest BCUT2D eigenvalue weighted by Gasteiger charge is 2.73. The fourth-order valence-corrected chi connectivity index (χ4v) is 6.41. The van der Waals surface area contributed by atoms with E-state index in [0.717, 1.165) is 0 Å². The lowest BCUT2D eigenvalue weighted by Crippen LogP contribution is -2.29. The molecule has 0 aromatic carbocycles. The fourth-order valence-electron chi connectivity index (χ4n) is 6.41. The quantitative estimate of drug-likeness (QED) is 0.290. The highest BCUT2D eigenvalue weighted by atomic mass is 16.6. The highest BCUT2D eigenvalue weighted by Crippen LogP contribution is 2.74. The number of hydrogen-bond acceptors (Lipinski definition) is 3. The first-order chi connectivity index (χ1) is 9.01. The molecule has 1 heterocycles. The Balaban J connectivity index is 1.74. The minimum absolute atomic E-state index is 0.0797. The van der Waals surface area contributed by atoms with Crippen molar-refractivity contribution in [3.8, 4) is 0 Å². The molecule has 0 aromatic heterocycles. The van der Waals surface area contributed by atoms with Gasteiger partial charge in [-0.3, -0.25) is 9.59 Å². The van der Waals surface area contributed by atoms with Crippen LogP contribution in [0.3, 0.4) is 0 Å². The third kappa shape index (κ3) is 0.916. The van der Waals surface area contributed by atoms with Crippen molar-refractivity contribution in [1.82, 2.24) is 0 Å². The number of rotatable bonds is 0. The van der Waals surface area contributed by atoms with Crippen LogP contribution in [0.2, 0.25) is 0 Å². The van der Waals surface area contributed by atoms with Gasteiger partial charge >= 0.3 is 11.9 Å². The number of hydrogen-bond donors (Lipinski definition) is 0. The Hall–Kier alpha value is -1.12. The van der Waals surface area contributed by atoms with E-state index in [4.69, 9.17) is 4.74 Å². The molecule has 1 aliphatic heterocycles. The Kier molecular flexibility index (Phi) is 1.58. The predicted octanol–water partition coefficient (Wildman–Crippen LogP) is 2.31. The molecule has 0 amide bonds. The summed E-state index contributed by atoms with van der Waals surface area (Å²) in [5.74, 6) is 1.17. The molecule has 3 heteroatoms. The van der Waals surface area contributed by atoms with Crippen LogP contribution in [0.4, 0.5) is 0 Å². The van der Waals surface area contributed by atoms with Crippen LogP contribution in [0.1, 0.15) is 33.1 Å². The molecule has 0 radical (unpaired) electrons. The molecule has 0 unspecified atom stereocenters. The van der Waals surface area contributed by atoms with Gasteiger partial charge in [-0.15, -0.1) is 0 Å². The van der Waals surface area contributed by atoms with E-state index in [1.54, 1.807) is 11.1 Å². The zero-order valence-corrected chi connectivity index (χ0v) is 11.3. The predicted molar refractivity (Wildman–Crippen MR) is 66.7 cm³/mol. The normalized spacial score (nSPS) is 51.9. The van der Waals surface area contributed by atoms with Crippen molar-refractivity contribution in [3.63, 3.8) is 0 Å². The minimum atomic E-state index is -0.245. The molecule has 100 valence electrons. The molecule has 4 aliphatic carbocycles. The molecular weight excluding hydrogens is 240 g/mol. The minimum Gasteiger partial charge on any atom is -0.393 e. The average Bonchev–Trinajstić information content (AvgIpc) is 3.07. The number of esters is 2. The van der Waals surface area contributed by atoms with Gasteiger partial charge in [-0.05, 0) is 36.5 Å². The van der Waals surface area contributed by atoms with Gasteiger partial charge in [-0.25, -0.2) is 0 Å². The number of carbonyl (C=O) groups excluding carboxylic acids is 2. The van der Waals surface area contributed by atoms with Crippen molar-refractivity contribution in [1.29, 1.82) is 0 Å². The van der Waals surface area contributed by atoms with Gasteiger partial charge in [0, 0.05) is 11.8 Å². The van der Waals surface area contributed by atoms with Crippen molar-refractivity contribution in [3.05, 3.63) is 11.1 Å². The summed E-state index contributed by atoms with van der Waals surface area (Å²) >= 11 is 0. The van der Waals surface area contributed by atoms with Crippen molar-refractivity contribution in [2.75, 3.05) is 0 Å². The third-order valence-corrected chi connectivity index (χ3v) is 6.77. The van der Waals surface area contributed by atoms with Crippen molar-refractivity contribution in [2.45, 2.75) is 33.1 Å². The molecule has 0 spiro atoms. The lowest BCUT2D eigenvalue weighted by Gasteiger charge is -2.30. The van der Waals surface area contributed by atoms with Gasteiger partial charge in [0.2, 0.25) is 0 Å². The highest BCUT2D eigenvalue weighted by molar-refractivity contribution is 5.99. The molecule has 0 aromatic rings. The summed E-state index contributed by atoms with van der Waals surface area (Å²) in [4.78, 5) is 24.1. The maximum absolute atomic E-state index is 12.1. The number of ether oxygens (including phenoxy) is 1. The van der Waals surface area contributed by atoms with Gasteiger partial charge in [0.15, 0.2) is 0 Å². The summed E-state index contributed by atoms with van der Waals surface area (Å²) in [5.41, 5.74) is 3.24. The molecule has 19 heavy (non-hydrogen) atoms. The standard InChI is InChI=1S/C16H18O3/c1-16(2)12-8-6-3-4-7(5-6)9(8)13(16)11-10(12)14(17)19-15(11)18/h6-7,10-13H,3-5H2,1-2H3/t6-,7-,10-,11-,12-,13-/m0/s1. The second-order valence-corrected chi connectivity index (χ2v) is 7.69. The molecule has 2 saturated carbocycles. The second kappa shape index (κ2) is 2.82. The molecule has 6 atom stereocenters. The Morgan fingerprint density at radius 1 is 0.947 bits per heavy atom. The topological polar surface area (TPSA) is 43.4 Å². The summed E-state index contributed by atoms with van der Waals surface area (Å²) < 4.78 is 4.95. The summed E-state index contributed by atoms with van der Waals surface area (Å²) in [5, 5.41) is 0. The number of carbonyl (C=O) groups is 2. The van der Waals surface area contributed by atoms with Crippen LogP contribution in [0.15, 0.2) is 11.1 Å². The van der Waals surface area contributed by atoms with Crippen LogP contribution in [0.25, 0.3) is 0 Å². The van der Waals surface area contributed by atoms with E-state index in [9.17, 15) is 9.59 Å². The first-order valence-corrected chi connectivity index (χ1v) is 7.51. The van der Waals surface area contributed by atoms with E-state index in [0.29, 0.717) is 11.8 Å². The van der Waals surface area contributed by atoms with E-state index in [-0.39, 0.29) is 41.0 Å². The molecule has 4 bridgehead atoms. The van der Waals surface area contributed by atoms with E-state index >= 15 is 0 Å². The van der Waals surface area contributed by atoms with Crippen molar-refractivity contribution < 1.29 is 14.3 Å². The molecule has 5 aliphatic rings. The molecular formula is C16H18O3. The third-order valence-electron chi connectivity index (χ3n) is 6.77. The zero-order valence-electron chi connectivity index (χ0n) is 11.3. The Bertz CT molecular complexity index is 525. The summed E-state index contributed by atoms with van der Waals surface area (Å²) in [6.45, 7) is 4.53. The SMILES string of the molecule is CC1(C)[C@H]2C3=C([C@H]4CC[C@H]3C4)[C@H]1[C@H]1C(=O)OC(=O)[C@@H]12. The Morgan fingerprint density at radius 2 is 1.42 bits per heavy atom. The number of fused-ring (bicyclic) bond motifs is 11. The number of allylic oxidation sites excluding steroid dienone is 2. The van der Waals surface area contributed by atoms with Gasteiger partial charge in [0.1, 0.15) is 0 Å². The van der Waals surface area contributed by atoms with Gasteiger partial charge < -0.3 is 4.74 Å². The lowest BCUT2D eigenvalue weighted by molar-refractivity contribution is -0.155. The largest absolute Gasteiger partial charge is 0.393 e. The average molecular weight is 258 g/mol. The molecule has 1 saturated heterocycles. The van der Waals surface area contributed by atoms with Crippen LogP contribution in [-0.2, 0) is 14.3 Å².